The molecule has 0 spiro atoms. The third-order valence-corrected chi connectivity index (χ3v) is 4.47. The number of piperazine rings is 1. The van der Waals surface area contributed by atoms with E-state index in [1.807, 2.05) is 29.6 Å². The number of hydrogen-bond acceptors (Lipinski definition) is 7. The molecule has 0 radical (unpaired) electrons. The maximum atomic E-state index is 5.40. The highest BCUT2D eigenvalue weighted by molar-refractivity contribution is 7.13. The van der Waals surface area contributed by atoms with Gasteiger partial charge < -0.3 is 14.7 Å². The average Bonchev–Trinajstić information content (AvgIpc) is 3.27. The molecule has 1 aliphatic heterocycles. The number of anilines is 1. The molecule has 0 unspecified atom stereocenters. The highest BCUT2D eigenvalue weighted by atomic mass is 32.1. The van der Waals surface area contributed by atoms with E-state index >= 15 is 0 Å². The van der Waals surface area contributed by atoms with E-state index in [4.69, 9.17) is 4.52 Å². The first-order valence-corrected chi connectivity index (χ1v) is 8.08. The summed E-state index contributed by atoms with van der Waals surface area (Å²) < 4.78 is 5.40. The highest BCUT2D eigenvalue weighted by Crippen LogP contribution is 2.26. The molecule has 1 saturated heterocycles. The van der Waals surface area contributed by atoms with Crippen molar-refractivity contribution in [3.05, 3.63) is 35.8 Å². The number of nitrogens with zero attached hydrogens (tertiary/aromatic N) is 4. The molecule has 1 N–H and O–H groups in total. The predicted octanol–water partition coefficient (Wildman–Crippen LogP) is 2.27. The van der Waals surface area contributed by atoms with E-state index in [0.29, 0.717) is 11.7 Å². The monoisotopic (exact) mass is 313 g/mol. The normalized spacial score (nSPS) is 15.2. The Morgan fingerprint density at radius 1 is 1.23 bits per heavy atom. The fraction of sp³-hybridized carbons (Fsp3) is 0.267. The van der Waals surface area contributed by atoms with Gasteiger partial charge in [-0.25, -0.2) is 4.98 Å². The minimum absolute atomic E-state index is 0.530. The molecule has 6 nitrogen and oxygen atoms in total. The Kier molecular flexibility index (Phi) is 3.57. The molecule has 0 atom stereocenters. The molecule has 7 heteroatoms. The van der Waals surface area contributed by atoms with Crippen LogP contribution < -0.4 is 10.2 Å². The van der Waals surface area contributed by atoms with Crippen LogP contribution in [0, 0.1) is 0 Å². The van der Waals surface area contributed by atoms with Gasteiger partial charge in [-0.05, 0) is 23.6 Å². The Balaban J connectivity index is 1.62. The summed E-state index contributed by atoms with van der Waals surface area (Å²) in [4.78, 5) is 12.2. The third-order valence-electron chi connectivity index (χ3n) is 3.60. The molecule has 112 valence electrons. The minimum Gasteiger partial charge on any atom is -0.354 e. The van der Waals surface area contributed by atoms with Crippen molar-refractivity contribution in [2.24, 2.45) is 0 Å². The van der Waals surface area contributed by atoms with Gasteiger partial charge in [-0.15, -0.1) is 11.3 Å². The zero-order valence-electron chi connectivity index (χ0n) is 11.9. The van der Waals surface area contributed by atoms with Gasteiger partial charge in [0.05, 0.1) is 4.88 Å². The molecule has 1 aliphatic rings. The molecule has 3 aromatic rings. The van der Waals surface area contributed by atoms with Crippen LogP contribution >= 0.6 is 11.3 Å². The fourth-order valence-corrected chi connectivity index (χ4v) is 3.11. The Bertz CT molecular complexity index is 749. The van der Waals surface area contributed by atoms with E-state index in [9.17, 15) is 0 Å². The first-order valence-electron chi connectivity index (χ1n) is 7.20. The zero-order chi connectivity index (χ0) is 14.8. The van der Waals surface area contributed by atoms with Crippen molar-refractivity contribution in [3.63, 3.8) is 0 Å². The number of rotatable bonds is 3. The van der Waals surface area contributed by atoms with E-state index < -0.39 is 0 Å². The van der Waals surface area contributed by atoms with Crippen LogP contribution in [0.25, 0.3) is 22.2 Å². The lowest BCUT2D eigenvalue weighted by atomic mass is 10.2. The average molecular weight is 313 g/mol. The maximum Gasteiger partial charge on any atom is 0.258 e. The highest BCUT2D eigenvalue weighted by Gasteiger charge is 2.15. The van der Waals surface area contributed by atoms with Gasteiger partial charge in [-0.2, -0.15) is 4.98 Å². The van der Waals surface area contributed by atoms with Gasteiger partial charge in [0, 0.05) is 37.9 Å². The van der Waals surface area contributed by atoms with Crippen molar-refractivity contribution in [3.8, 4) is 22.2 Å². The van der Waals surface area contributed by atoms with Crippen molar-refractivity contribution in [1.29, 1.82) is 0 Å². The lowest BCUT2D eigenvalue weighted by Gasteiger charge is -2.28. The first kappa shape index (κ1) is 13.4. The maximum absolute atomic E-state index is 5.40. The molecule has 4 heterocycles. The summed E-state index contributed by atoms with van der Waals surface area (Å²) in [5.74, 6) is 2.11. The summed E-state index contributed by atoms with van der Waals surface area (Å²) >= 11 is 1.60. The molecule has 22 heavy (non-hydrogen) atoms. The van der Waals surface area contributed by atoms with E-state index in [-0.39, 0.29) is 0 Å². The Morgan fingerprint density at radius 3 is 2.95 bits per heavy atom. The molecule has 3 aromatic heterocycles. The summed E-state index contributed by atoms with van der Waals surface area (Å²) in [6, 6.07) is 7.87. The molecule has 0 amide bonds. The first-order chi connectivity index (χ1) is 10.9. The standard InChI is InChI=1S/C15H15N5OS/c1-2-12(22-9-1)14-18-15(21-19-14)11-3-4-17-13(10-11)20-7-5-16-6-8-20/h1-4,9-10,16H,5-8H2. The molecule has 0 aromatic carbocycles. The lowest BCUT2D eigenvalue weighted by molar-refractivity contribution is 0.432. The van der Waals surface area contributed by atoms with Crippen LogP contribution in [0.2, 0.25) is 0 Å². The second kappa shape index (κ2) is 5.86. The van der Waals surface area contributed by atoms with Crippen LogP contribution in [-0.4, -0.2) is 41.3 Å². The van der Waals surface area contributed by atoms with Gasteiger partial charge in [-0.3, -0.25) is 0 Å². The molecule has 1 fully saturated rings. The van der Waals surface area contributed by atoms with Gasteiger partial charge in [0.15, 0.2) is 0 Å². The summed E-state index contributed by atoms with van der Waals surface area (Å²) in [5, 5.41) is 9.40. The quantitative estimate of drug-likeness (QED) is 0.800. The molecule has 0 bridgehead atoms. The Labute approximate surface area is 131 Å². The topological polar surface area (TPSA) is 67.1 Å². The number of pyridine rings is 1. The smallest absolute Gasteiger partial charge is 0.258 e. The van der Waals surface area contributed by atoms with Gasteiger partial charge in [0.1, 0.15) is 5.82 Å². The van der Waals surface area contributed by atoms with E-state index in [0.717, 1.165) is 42.4 Å². The minimum atomic E-state index is 0.530. The van der Waals surface area contributed by atoms with Crippen LogP contribution in [0.1, 0.15) is 0 Å². The number of aromatic nitrogens is 3. The van der Waals surface area contributed by atoms with Gasteiger partial charge >= 0.3 is 0 Å². The van der Waals surface area contributed by atoms with Gasteiger partial charge in [-0.1, -0.05) is 11.2 Å². The van der Waals surface area contributed by atoms with E-state index in [2.05, 4.69) is 25.3 Å². The summed E-state index contributed by atoms with van der Waals surface area (Å²) in [6.07, 6.45) is 1.79. The summed E-state index contributed by atoms with van der Waals surface area (Å²) in [5.41, 5.74) is 0.902. The SMILES string of the molecule is c1csc(-c2noc(-c3ccnc(N4CCNCC4)c3)n2)c1. The third kappa shape index (κ3) is 2.60. The second-order valence-corrected chi connectivity index (χ2v) is 5.99. The second-order valence-electron chi connectivity index (χ2n) is 5.04. The van der Waals surface area contributed by atoms with Crippen LogP contribution in [0.3, 0.4) is 0 Å². The van der Waals surface area contributed by atoms with Crippen molar-refractivity contribution < 1.29 is 4.52 Å². The van der Waals surface area contributed by atoms with Crippen molar-refractivity contribution in [2.45, 2.75) is 0 Å². The van der Waals surface area contributed by atoms with E-state index in [1.54, 1.807) is 17.5 Å². The van der Waals surface area contributed by atoms with Crippen LogP contribution in [0.4, 0.5) is 5.82 Å². The van der Waals surface area contributed by atoms with Crippen LogP contribution in [0.15, 0.2) is 40.4 Å². The summed E-state index contributed by atoms with van der Waals surface area (Å²) in [7, 11) is 0. The fourth-order valence-electron chi connectivity index (χ4n) is 2.46. The predicted molar refractivity (Wildman–Crippen MR) is 85.9 cm³/mol. The summed E-state index contributed by atoms with van der Waals surface area (Å²) in [6.45, 7) is 3.88. The molecular weight excluding hydrogens is 298 g/mol. The molecule has 4 rings (SSSR count). The van der Waals surface area contributed by atoms with E-state index in [1.165, 1.54) is 0 Å². The van der Waals surface area contributed by atoms with Crippen LogP contribution in [-0.2, 0) is 0 Å². The van der Waals surface area contributed by atoms with Crippen LogP contribution in [0.5, 0.6) is 0 Å². The van der Waals surface area contributed by atoms with Crippen molar-refractivity contribution >= 4 is 17.2 Å². The molecular formula is C15H15N5OS. The van der Waals surface area contributed by atoms with Gasteiger partial charge in [0.25, 0.3) is 5.89 Å². The largest absolute Gasteiger partial charge is 0.354 e. The molecule has 0 saturated carbocycles. The Morgan fingerprint density at radius 2 is 2.14 bits per heavy atom. The number of hydrogen-bond donors (Lipinski definition) is 1. The lowest BCUT2D eigenvalue weighted by Crippen LogP contribution is -2.43. The zero-order valence-corrected chi connectivity index (χ0v) is 12.7. The van der Waals surface area contributed by atoms with Crippen molar-refractivity contribution in [1.82, 2.24) is 20.4 Å². The Hall–Kier alpha value is -2.25. The molecule has 0 aliphatic carbocycles. The van der Waals surface area contributed by atoms with Crippen molar-refractivity contribution in [2.75, 3.05) is 31.1 Å². The van der Waals surface area contributed by atoms with Gasteiger partial charge in [0.2, 0.25) is 5.82 Å². The number of thiophene rings is 1. The number of nitrogens with one attached hydrogen (secondary N) is 1.